The van der Waals surface area contributed by atoms with Gasteiger partial charge in [-0.2, -0.15) is 8.78 Å². The van der Waals surface area contributed by atoms with Gasteiger partial charge in [-0.15, -0.1) is 0 Å². The number of benzene rings is 1. The fourth-order valence-electron chi connectivity index (χ4n) is 2.29. The third kappa shape index (κ3) is 8.27. The Morgan fingerprint density at radius 2 is 2.00 bits per heavy atom. The van der Waals surface area contributed by atoms with Crippen LogP contribution in [0.1, 0.15) is 43.2 Å². The van der Waals surface area contributed by atoms with Gasteiger partial charge in [0, 0.05) is 23.0 Å². The molecule has 0 fully saturated rings. The van der Waals surface area contributed by atoms with E-state index >= 15 is 0 Å². The van der Waals surface area contributed by atoms with Gasteiger partial charge in [0.05, 0.1) is 0 Å². The lowest BCUT2D eigenvalue weighted by atomic mass is 10.1. The third-order valence-electron chi connectivity index (χ3n) is 3.33. The molecule has 0 heterocycles. The van der Waals surface area contributed by atoms with E-state index in [-0.39, 0.29) is 12.2 Å². The van der Waals surface area contributed by atoms with E-state index in [4.69, 9.17) is 5.11 Å². The van der Waals surface area contributed by atoms with E-state index in [1.807, 2.05) is 0 Å². The van der Waals surface area contributed by atoms with Crippen molar-refractivity contribution < 1.29 is 23.4 Å². The molecule has 0 saturated heterocycles. The van der Waals surface area contributed by atoms with E-state index in [1.165, 1.54) is 0 Å². The van der Waals surface area contributed by atoms with Crippen molar-refractivity contribution in [2.45, 2.75) is 52.2 Å². The lowest BCUT2D eigenvalue weighted by Gasteiger charge is -2.15. The second-order valence-corrected chi connectivity index (χ2v) is 6.24. The van der Waals surface area contributed by atoms with Crippen molar-refractivity contribution in [2.24, 2.45) is 0 Å². The van der Waals surface area contributed by atoms with Crippen molar-refractivity contribution in [1.29, 1.82) is 0 Å². The molecule has 0 aromatic heterocycles. The zero-order valence-corrected chi connectivity index (χ0v) is 14.7. The Bertz CT molecular complexity index is 512. The molecule has 0 saturated carbocycles. The number of aryl methyl sites for hydroxylation is 1. The number of alkyl halides is 2. The minimum absolute atomic E-state index is 0.207. The topological polar surface area (TPSA) is 58.6 Å². The molecule has 0 amide bonds. The number of carbonyl (C=O) groups is 1. The first kappa shape index (κ1) is 19.8. The van der Waals surface area contributed by atoms with Crippen LogP contribution in [0.5, 0.6) is 5.75 Å². The molecule has 7 heteroatoms. The Hall–Kier alpha value is -1.21. The minimum atomic E-state index is -2.84. The Morgan fingerprint density at radius 3 is 2.65 bits per heavy atom. The van der Waals surface area contributed by atoms with Crippen LogP contribution < -0.4 is 10.1 Å². The van der Waals surface area contributed by atoms with Crippen LogP contribution in [0.2, 0.25) is 0 Å². The van der Waals surface area contributed by atoms with Gasteiger partial charge in [0.25, 0.3) is 0 Å². The summed E-state index contributed by atoms with van der Waals surface area (Å²) in [6, 6.07) is 3.51. The molecule has 0 radical (unpaired) electrons. The second-order valence-electron chi connectivity index (χ2n) is 5.32. The van der Waals surface area contributed by atoms with Crippen molar-refractivity contribution in [3.63, 3.8) is 0 Å². The van der Waals surface area contributed by atoms with Crippen LogP contribution in [0.25, 0.3) is 0 Å². The van der Waals surface area contributed by atoms with Gasteiger partial charge in [-0.25, -0.2) is 0 Å². The quantitative estimate of drug-likeness (QED) is 0.544. The lowest BCUT2D eigenvalue weighted by molar-refractivity contribution is -0.137. The van der Waals surface area contributed by atoms with Gasteiger partial charge < -0.3 is 15.2 Å². The van der Waals surface area contributed by atoms with E-state index in [2.05, 4.69) is 26.0 Å². The number of halogens is 3. The van der Waals surface area contributed by atoms with E-state index in [0.29, 0.717) is 24.1 Å². The summed E-state index contributed by atoms with van der Waals surface area (Å²) in [6.07, 6.45) is 3.63. The summed E-state index contributed by atoms with van der Waals surface area (Å²) in [7, 11) is 0. The average Bonchev–Trinajstić information content (AvgIpc) is 2.44. The zero-order chi connectivity index (χ0) is 17.2. The fraction of sp³-hybridized carbons (Fsp3) is 0.562. The highest BCUT2D eigenvalue weighted by atomic mass is 79.9. The van der Waals surface area contributed by atoms with E-state index in [9.17, 15) is 13.6 Å². The summed E-state index contributed by atoms with van der Waals surface area (Å²) in [6.45, 7) is 0.0707. The average molecular weight is 394 g/mol. The smallest absolute Gasteiger partial charge is 0.387 e. The zero-order valence-electron chi connectivity index (χ0n) is 13.1. The van der Waals surface area contributed by atoms with Crippen LogP contribution in [0.4, 0.5) is 8.78 Å². The standard InChI is InChI=1S/C16H22BrF2NO3/c1-11-8-13(17)9-12(15(11)23-16(18)19)10-20-7-5-3-2-4-6-14(21)22/h8-9,16,20H,2-7,10H2,1H3,(H,21,22). The van der Waals surface area contributed by atoms with Gasteiger partial charge in [-0.3, -0.25) is 4.79 Å². The molecule has 1 aromatic rings. The van der Waals surface area contributed by atoms with Crippen LogP contribution in [0.15, 0.2) is 16.6 Å². The molecule has 0 unspecified atom stereocenters. The largest absolute Gasteiger partial charge is 0.481 e. The second kappa shape index (κ2) is 10.5. The van der Waals surface area contributed by atoms with Crippen molar-refractivity contribution >= 4 is 21.9 Å². The highest BCUT2D eigenvalue weighted by Crippen LogP contribution is 2.29. The van der Waals surface area contributed by atoms with E-state index in [0.717, 1.165) is 30.3 Å². The Kier molecular flexibility index (Phi) is 9.09. The number of rotatable bonds is 11. The van der Waals surface area contributed by atoms with Gasteiger partial charge in [-0.1, -0.05) is 28.8 Å². The molecule has 4 nitrogen and oxygen atoms in total. The molecule has 0 bridgehead atoms. The predicted molar refractivity (Wildman–Crippen MR) is 87.9 cm³/mol. The van der Waals surface area contributed by atoms with Crippen molar-refractivity contribution in [1.82, 2.24) is 5.32 Å². The maximum atomic E-state index is 12.5. The summed E-state index contributed by atoms with van der Waals surface area (Å²) < 4.78 is 30.4. The summed E-state index contributed by atoms with van der Waals surface area (Å²) in [5, 5.41) is 11.7. The Labute approximate surface area is 143 Å². The van der Waals surface area contributed by atoms with Crippen molar-refractivity contribution in [3.05, 3.63) is 27.7 Å². The number of hydrogen-bond acceptors (Lipinski definition) is 3. The van der Waals surface area contributed by atoms with Crippen molar-refractivity contribution in [2.75, 3.05) is 6.54 Å². The number of unbranched alkanes of at least 4 members (excludes halogenated alkanes) is 3. The van der Waals surface area contributed by atoms with Gasteiger partial charge in [0.15, 0.2) is 0 Å². The molecule has 130 valence electrons. The highest BCUT2D eigenvalue weighted by Gasteiger charge is 2.13. The lowest BCUT2D eigenvalue weighted by Crippen LogP contribution is -2.16. The molecule has 1 aromatic carbocycles. The highest BCUT2D eigenvalue weighted by molar-refractivity contribution is 9.10. The monoisotopic (exact) mass is 393 g/mol. The fourth-order valence-corrected chi connectivity index (χ4v) is 2.91. The number of carboxylic acids is 1. The predicted octanol–water partition coefficient (Wildman–Crippen LogP) is 4.48. The number of aliphatic carboxylic acids is 1. The van der Waals surface area contributed by atoms with E-state index in [1.54, 1.807) is 19.1 Å². The summed E-state index contributed by atoms with van der Waals surface area (Å²) in [4.78, 5) is 10.4. The van der Waals surface area contributed by atoms with Crippen LogP contribution in [-0.2, 0) is 11.3 Å². The van der Waals surface area contributed by atoms with Crippen LogP contribution >= 0.6 is 15.9 Å². The third-order valence-corrected chi connectivity index (χ3v) is 3.79. The number of hydrogen-bond donors (Lipinski definition) is 2. The summed E-state index contributed by atoms with van der Waals surface area (Å²) >= 11 is 3.36. The van der Waals surface area contributed by atoms with Crippen molar-refractivity contribution in [3.8, 4) is 5.75 Å². The summed E-state index contributed by atoms with van der Waals surface area (Å²) in [5.41, 5.74) is 1.34. The molecule has 0 aliphatic heterocycles. The molecule has 0 spiro atoms. The van der Waals surface area contributed by atoms with Gasteiger partial charge in [0.1, 0.15) is 5.75 Å². The number of ether oxygens (including phenoxy) is 1. The number of nitrogens with one attached hydrogen (secondary N) is 1. The molecule has 0 aliphatic carbocycles. The Morgan fingerprint density at radius 1 is 1.30 bits per heavy atom. The Balaban J connectivity index is 2.37. The molecular weight excluding hydrogens is 372 g/mol. The molecule has 0 aliphatic rings. The first-order chi connectivity index (χ1) is 10.9. The van der Waals surface area contributed by atoms with Gasteiger partial charge in [-0.05, 0) is 44.0 Å². The van der Waals surface area contributed by atoms with Gasteiger partial charge >= 0.3 is 12.6 Å². The minimum Gasteiger partial charge on any atom is -0.481 e. The molecule has 23 heavy (non-hydrogen) atoms. The van der Waals surface area contributed by atoms with Gasteiger partial charge in [0.2, 0.25) is 0 Å². The number of carboxylic acid groups (broad SMARTS) is 1. The normalized spacial score (nSPS) is 11.0. The first-order valence-corrected chi connectivity index (χ1v) is 8.35. The van der Waals surface area contributed by atoms with E-state index < -0.39 is 12.6 Å². The summed E-state index contributed by atoms with van der Waals surface area (Å²) in [5.74, 6) is -0.545. The molecule has 1 rings (SSSR count). The molecular formula is C16H22BrF2NO3. The van der Waals surface area contributed by atoms with Crippen LogP contribution in [0, 0.1) is 6.92 Å². The first-order valence-electron chi connectivity index (χ1n) is 7.56. The van der Waals surface area contributed by atoms with Crippen LogP contribution in [0.3, 0.4) is 0 Å². The SMILES string of the molecule is Cc1cc(Br)cc(CNCCCCCCC(=O)O)c1OC(F)F. The maximum Gasteiger partial charge on any atom is 0.387 e. The molecule has 0 atom stereocenters. The maximum absolute atomic E-state index is 12.5. The van der Waals surface area contributed by atoms with Crippen LogP contribution in [-0.4, -0.2) is 24.2 Å². The molecule has 2 N–H and O–H groups in total.